The van der Waals surface area contributed by atoms with Gasteiger partial charge in [0.2, 0.25) is 11.8 Å². The van der Waals surface area contributed by atoms with Crippen LogP contribution < -0.4 is 5.56 Å². The van der Waals surface area contributed by atoms with E-state index in [4.69, 9.17) is 0 Å². The van der Waals surface area contributed by atoms with Crippen LogP contribution in [0.25, 0.3) is 11.4 Å². The zero-order valence-electron chi connectivity index (χ0n) is 19.2. The van der Waals surface area contributed by atoms with Crippen LogP contribution >= 0.6 is 0 Å². The number of carbonyl (C=O) groups excluding carboxylic acids is 2. The van der Waals surface area contributed by atoms with E-state index in [2.05, 4.69) is 20.1 Å². The Morgan fingerprint density at radius 2 is 1.51 bits per heavy atom. The van der Waals surface area contributed by atoms with Crippen molar-refractivity contribution in [3.63, 3.8) is 0 Å². The lowest BCUT2D eigenvalue weighted by atomic mass is 10.1. The zero-order chi connectivity index (χ0) is 25.0. The van der Waals surface area contributed by atoms with E-state index in [1.807, 2.05) is 4.90 Å². The van der Waals surface area contributed by atoms with Crippen LogP contribution in [0.3, 0.4) is 0 Å². The molecule has 9 nitrogen and oxygen atoms in total. The molecular formula is C23H27F3N6O3. The van der Waals surface area contributed by atoms with Crippen LogP contribution in [0.2, 0.25) is 0 Å². The van der Waals surface area contributed by atoms with Gasteiger partial charge in [-0.15, -0.1) is 10.2 Å². The fraction of sp³-hybridized carbons (Fsp3) is 0.522. The second kappa shape index (κ2) is 10.5. The van der Waals surface area contributed by atoms with Crippen LogP contribution in [0.1, 0.15) is 30.5 Å². The van der Waals surface area contributed by atoms with E-state index in [9.17, 15) is 27.6 Å². The maximum absolute atomic E-state index is 12.7. The smallest absolute Gasteiger partial charge is 0.342 e. The maximum Gasteiger partial charge on any atom is 0.416 e. The number of hydrogen-bond acceptors (Lipinski definition) is 6. The summed E-state index contributed by atoms with van der Waals surface area (Å²) in [5.74, 6) is 0.0850. The molecule has 4 rings (SSSR count). The highest BCUT2D eigenvalue weighted by molar-refractivity contribution is 5.79. The number of benzene rings is 1. The molecule has 188 valence electrons. The van der Waals surface area contributed by atoms with Crippen molar-refractivity contribution in [3.8, 4) is 11.4 Å². The Labute approximate surface area is 199 Å². The first-order valence-corrected chi connectivity index (χ1v) is 11.6. The fourth-order valence-corrected chi connectivity index (χ4v) is 4.27. The minimum atomic E-state index is -4.45. The predicted molar refractivity (Wildman–Crippen MR) is 120 cm³/mol. The average Bonchev–Trinajstić information content (AvgIpc) is 3.38. The SMILES string of the molecule is O=C(CCc1nnc(-c2ccc(C(F)(F)F)cc2)[nH]c1=O)N1CCN(CC(=O)N2CCCC2)CC1. The molecule has 0 atom stereocenters. The van der Waals surface area contributed by atoms with Gasteiger partial charge in [-0.3, -0.25) is 19.3 Å². The third kappa shape index (κ3) is 6.24. The number of H-pyrrole nitrogens is 1. The molecule has 2 aliphatic rings. The van der Waals surface area contributed by atoms with Crippen LogP contribution in [0, 0.1) is 0 Å². The van der Waals surface area contributed by atoms with Crippen molar-refractivity contribution >= 4 is 11.8 Å². The molecule has 0 radical (unpaired) electrons. The molecule has 0 spiro atoms. The third-order valence-corrected chi connectivity index (χ3v) is 6.37. The standard InChI is InChI=1S/C23H27F3N6O3/c24-23(25,26)17-5-3-16(4-6-17)21-27-22(35)18(28-29-21)7-8-19(33)32-13-11-30(12-14-32)15-20(34)31-9-1-2-10-31/h3-6H,1-2,7-15H2,(H,27,29,35). The van der Waals surface area contributed by atoms with Crippen LogP contribution in [-0.4, -0.2) is 87.5 Å². The normalized spacial score (nSPS) is 17.1. The molecule has 1 aromatic heterocycles. The van der Waals surface area contributed by atoms with E-state index in [1.165, 1.54) is 12.1 Å². The second-order valence-electron chi connectivity index (χ2n) is 8.77. The highest BCUT2D eigenvalue weighted by atomic mass is 19.4. The minimum absolute atomic E-state index is 0.0541. The van der Waals surface area contributed by atoms with Crippen molar-refractivity contribution in [1.82, 2.24) is 29.9 Å². The summed E-state index contributed by atoms with van der Waals surface area (Å²) < 4.78 is 38.1. The number of rotatable bonds is 6. The van der Waals surface area contributed by atoms with Crippen LogP contribution in [-0.2, 0) is 22.2 Å². The Morgan fingerprint density at radius 1 is 0.886 bits per heavy atom. The number of piperazine rings is 1. The van der Waals surface area contributed by atoms with Crippen molar-refractivity contribution < 1.29 is 22.8 Å². The summed E-state index contributed by atoms with van der Waals surface area (Å²) in [6.45, 7) is 4.29. The molecule has 0 unspecified atom stereocenters. The van der Waals surface area contributed by atoms with E-state index in [0.29, 0.717) is 38.3 Å². The lowest BCUT2D eigenvalue weighted by molar-refractivity contribution is -0.138. The number of aromatic nitrogens is 3. The van der Waals surface area contributed by atoms with Gasteiger partial charge in [0.05, 0.1) is 12.1 Å². The van der Waals surface area contributed by atoms with Gasteiger partial charge in [0.1, 0.15) is 5.69 Å². The molecule has 2 aromatic rings. The van der Waals surface area contributed by atoms with Gasteiger partial charge in [0.15, 0.2) is 5.82 Å². The molecule has 35 heavy (non-hydrogen) atoms. The van der Waals surface area contributed by atoms with E-state index in [1.54, 1.807) is 4.90 Å². The minimum Gasteiger partial charge on any atom is -0.342 e. The van der Waals surface area contributed by atoms with Crippen molar-refractivity contribution in [1.29, 1.82) is 0 Å². The number of nitrogens with zero attached hydrogens (tertiary/aromatic N) is 5. The molecule has 2 saturated heterocycles. The summed E-state index contributed by atoms with van der Waals surface area (Å²) in [6.07, 6.45) is -2.16. The van der Waals surface area contributed by atoms with Gasteiger partial charge in [0, 0.05) is 57.7 Å². The molecule has 1 N–H and O–H groups in total. The lowest BCUT2D eigenvalue weighted by Crippen LogP contribution is -2.51. The summed E-state index contributed by atoms with van der Waals surface area (Å²) in [5.41, 5.74) is -0.950. The Bertz CT molecular complexity index is 1100. The van der Waals surface area contributed by atoms with Gasteiger partial charge in [-0.05, 0) is 25.0 Å². The first kappa shape index (κ1) is 24.8. The van der Waals surface area contributed by atoms with Gasteiger partial charge in [-0.2, -0.15) is 13.2 Å². The number of nitrogens with one attached hydrogen (secondary N) is 1. The quantitative estimate of drug-likeness (QED) is 0.657. The fourth-order valence-electron chi connectivity index (χ4n) is 4.27. The van der Waals surface area contributed by atoms with Crippen molar-refractivity contribution in [2.24, 2.45) is 0 Å². The van der Waals surface area contributed by atoms with Crippen LogP contribution in [0.5, 0.6) is 0 Å². The van der Waals surface area contributed by atoms with E-state index in [0.717, 1.165) is 38.1 Å². The van der Waals surface area contributed by atoms with E-state index >= 15 is 0 Å². The van der Waals surface area contributed by atoms with Gasteiger partial charge >= 0.3 is 6.18 Å². The molecular weight excluding hydrogens is 465 g/mol. The second-order valence-corrected chi connectivity index (χ2v) is 8.77. The number of amides is 2. The van der Waals surface area contributed by atoms with E-state index in [-0.39, 0.29) is 36.2 Å². The Balaban J connectivity index is 1.26. The Morgan fingerprint density at radius 3 is 2.11 bits per heavy atom. The Kier molecular flexibility index (Phi) is 7.48. The highest BCUT2D eigenvalue weighted by Gasteiger charge is 2.30. The molecule has 0 aliphatic carbocycles. The molecule has 1 aromatic carbocycles. The Hall–Kier alpha value is -3.28. The average molecular weight is 493 g/mol. The van der Waals surface area contributed by atoms with Crippen molar-refractivity contribution in [3.05, 3.63) is 45.9 Å². The highest BCUT2D eigenvalue weighted by Crippen LogP contribution is 2.30. The first-order chi connectivity index (χ1) is 16.7. The van der Waals surface area contributed by atoms with Gasteiger partial charge in [0.25, 0.3) is 5.56 Å². The van der Waals surface area contributed by atoms with Crippen LogP contribution in [0.15, 0.2) is 29.1 Å². The first-order valence-electron chi connectivity index (χ1n) is 11.6. The zero-order valence-corrected chi connectivity index (χ0v) is 19.2. The monoisotopic (exact) mass is 492 g/mol. The van der Waals surface area contributed by atoms with Gasteiger partial charge in [-0.1, -0.05) is 12.1 Å². The molecule has 12 heteroatoms. The topological polar surface area (TPSA) is 102 Å². The molecule has 2 amide bonds. The van der Waals surface area contributed by atoms with E-state index < -0.39 is 17.3 Å². The summed E-state index contributed by atoms with van der Waals surface area (Å²) in [4.78, 5) is 45.5. The van der Waals surface area contributed by atoms with Crippen molar-refractivity contribution in [2.75, 3.05) is 45.8 Å². The summed E-state index contributed by atoms with van der Waals surface area (Å²) >= 11 is 0. The number of alkyl halides is 3. The van der Waals surface area contributed by atoms with Gasteiger partial charge < -0.3 is 14.8 Å². The molecule has 2 fully saturated rings. The maximum atomic E-state index is 12.7. The summed E-state index contributed by atoms with van der Waals surface area (Å²) in [5, 5.41) is 7.80. The lowest BCUT2D eigenvalue weighted by Gasteiger charge is -2.35. The summed E-state index contributed by atoms with van der Waals surface area (Å²) in [7, 11) is 0. The van der Waals surface area contributed by atoms with Gasteiger partial charge in [-0.25, -0.2) is 0 Å². The number of halogens is 3. The summed E-state index contributed by atoms with van der Waals surface area (Å²) in [6, 6.07) is 4.24. The number of hydrogen-bond donors (Lipinski definition) is 1. The number of carbonyl (C=O) groups is 2. The largest absolute Gasteiger partial charge is 0.416 e. The predicted octanol–water partition coefficient (Wildman–Crippen LogP) is 1.55. The van der Waals surface area contributed by atoms with Crippen molar-refractivity contribution in [2.45, 2.75) is 31.9 Å². The molecule has 3 heterocycles. The molecule has 0 saturated carbocycles. The van der Waals surface area contributed by atoms with Crippen LogP contribution in [0.4, 0.5) is 13.2 Å². The molecule has 0 bridgehead atoms. The third-order valence-electron chi connectivity index (χ3n) is 6.37. The number of likely N-dealkylation sites (tertiary alicyclic amines) is 1. The number of aromatic amines is 1. The molecule has 2 aliphatic heterocycles. The number of aryl methyl sites for hydroxylation is 1.